The Balaban J connectivity index is 1.71. The van der Waals surface area contributed by atoms with E-state index in [0.717, 1.165) is 5.39 Å². The molecular weight excluding hydrogens is 349 g/mol. The van der Waals surface area contributed by atoms with Gasteiger partial charge >= 0.3 is 5.97 Å². The van der Waals surface area contributed by atoms with Gasteiger partial charge in [-0.2, -0.15) is 0 Å². The number of cyclic esters (lactones) is 1. The third-order valence-corrected chi connectivity index (χ3v) is 4.63. The third kappa shape index (κ3) is 3.10. The summed E-state index contributed by atoms with van der Waals surface area (Å²) < 4.78 is 24.9. The summed E-state index contributed by atoms with van der Waals surface area (Å²) in [6.45, 7) is 3.74. The summed E-state index contributed by atoms with van der Waals surface area (Å²) >= 11 is 0. The van der Waals surface area contributed by atoms with Crippen molar-refractivity contribution in [3.05, 3.63) is 88.5 Å². The Kier molecular flexibility index (Phi) is 4.03. The van der Waals surface area contributed by atoms with E-state index >= 15 is 0 Å². The molecule has 1 unspecified atom stereocenters. The molecule has 27 heavy (non-hydrogen) atoms. The molecule has 2 heterocycles. The van der Waals surface area contributed by atoms with Gasteiger partial charge in [0.05, 0.1) is 5.52 Å². The summed E-state index contributed by atoms with van der Waals surface area (Å²) in [4.78, 5) is 26.4. The van der Waals surface area contributed by atoms with Crippen LogP contribution in [0.5, 0.6) is 5.75 Å². The van der Waals surface area contributed by atoms with E-state index in [1.165, 1.54) is 18.2 Å². The number of esters is 1. The first-order valence-electron chi connectivity index (χ1n) is 8.39. The van der Waals surface area contributed by atoms with E-state index < -0.39 is 11.6 Å². The van der Waals surface area contributed by atoms with Crippen LogP contribution in [0.3, 0.4) is 0 Å². The first-order chi connectivity index (χ1) is 13.0. The number of hydrogen-bond donors (Lipinski definition) is 1. The summed E-state index contributed by atoms with van der Waals surface area (Å²) in [5, 5.41) is 0.816. The number of rotatable bonds is 4. The van der Waals surface area contributed by atoms with Crippen molar-refractivity contribution >= 4 is 16.9 Å². The lowest BCUT2D eigenvalue weighted by Crippen LogP contribution is -2.33. The van der Waals surface area contributed by atoms with E-state index in [0.29, 0.717) is 22.4 Å². The number of carbonyl (C=O) groups excluding carboxylic acids is 1. The van der Waals surface area contributed by atoms with Crippen LogP contribution in [0.1, 0.15) is 12.0 Å². The number of halogens is 1. The van der Waals surface area contributed by atoms with E-state index in [2.05, 4.69) is 11.6 Å². The Morgan fingerprint density at radius 1 is 1.11 bits per heavy atom. The minimum Gasteiger partial charge on any atom is -0.487 e. The van der Waals surface area contributed by atoms with Gasteiger partial charge in [0, 0.05) is 23.4 Å². The van der Waals surface area contributed by atoms with Crippen LogP contribution in [0.15, 0.2) is 71.5 Å². The average Bonchev–Trinajstić information content (AvgIpc) is 2.95. The molecular formula is C21H16FNO4. The van der Waals surface area contributed by atoms with Gasteiger partial charge in [0.1, 0.15) is 18.2 Å². The van der Waals surface area contributed by atoms with Crippen LogP contribution < -0.4 is 10.3 Å². The molecule has 1 atom stereocenters. The van der Waals surface area contributed by atoms with Gasteiger partial charge in [-0.3, -0.25) is 4.79 Å². The van der Waals surface area contributed by atoms with Crippen LogP contribution in [0.4, 0.5) is 4.39 Å². The number of benzene rings is 2. The normalized spacial score (nSPS) is 19.3. The quantitative estimate of drug-likeness (QED) is 0.568. The predicted molar refractivity (Wildman–Crippen MR) is 98.0 cm³/mol. The van der Waals surface area contributed by atoms with Gasteiger partial charge in [-0.25, -0.2) is 9.18 Å². The summed E-state index contributed by atoms with van der Waals surface area (Å²) in [6.07, 6.45) is 0.235. The number of H-pyrrole nitrogens is 1. The Morgan fingerprint density at radius 2 is 1.89 bits per heavy atom. The average molecular weight is 365 g/mol. The SMILES string of the molecule is C=C1CC(COc2cccc3ccc(=O)[nH]c23)(c2ccc(F)cc2)OC1=O. The van der Waals surface area contributed by atoms with Crippen molar-refractivity contribution in [2.45, 2.75) is 12.0 Å². The van der Waals surface area contributed by atoms with Gasteiger partial charge in [-0.05, 0) is 29.8 Å². The lowest BCUT2D eigenvalue weighted by molar-refractivity contribution is -0.150. The fourth-order valence-corrected chi connectivity index (χ4v) is 3.25. The molecule has 1 fully saturated rings. The van der Waals surface area contributed by atoms with Gasteiger partial charge in [-0.15, -0.1) is 0 Å². The summed E-state index contributed by atoms with van der Waals surface area (Å²) in [5.41, 5.74) is 0.160. The van der Waals surface area contributed by atoms with Crippen LogP contribution in [-0.2, 0) is 15.1 Å². The minimum absolute atomic E-state index is 0.000565. The molecule has 0 bridgehead atoms. The van der Waals surface area contributed by atoms with Crippen molar-refractivity contribution in [1.82, 2.24) is 4.98 Å². The highest BCUT2D eigenvalue weighted by Gasteiger charge is 2.45. The lowest BCUT2D eigenvalue weighted by Gasteiger charge is -2.28. The number of aromatic amines is 1. The molecule has 1 N–H and O–H groups in total. The predicted octanol–water partition coefficient (Wildman–Crippen LogP) is 3.44. The number of fused-ring (bicyclic) bond motifs is 1. The standard InChI is InChI=1S/C21H16FNO4/c1-13-11-21(27-20(13)25,15-6-8-16(22)9-7-15)12-26-17-4-2-3-14-5-10-18(24)23-19(14)17/h2-10H,1,11-12H2,(H,23,24). The van der Waals surface area contributed by atoms with Gasteiger partial charge in [-0.1, -0.05) is 30.8 Å². The van der Waals surface area contributed by atoms with Crippen LogP contribution in [0.2, 0.25) is 0 Å². The lowest BCUT2D eigenvalue weighted by atomic mass is 9.90. The summed E-state index contributed by atoms with van der Waals surface area (Å²) in [7, 11) is 0. The molecule has 4 rings (SSSR count). The van der Waals surface area contributed by atoms with Crippen molar-refractivity contribution in [2.75, 3.05) is 6.61 Å². The Morgan fingerprint density at radius 3 is 2.59 bits per heavy atom. The van der Waals surface area contributed by atoms with Crippen molar-refractivity contribution in [3.63, 3.8) is 0 Å². The first-order valence-corrected chi connectivity index (χ1v) is 8.39. The molecule has 0 radical (unpaired) electrons. The number of pyridine rings is 1. The molecule has 1 saturated heterocycles. The fourth-order valence-electron chi connectivity index (χ4n) is 3.25. The molecule has 136 valence electrons. The second kappa shape index (κ2) is 6.39. The van der Waals surface area contributed by atoms with Crippen LogP contribution in [-0.4, -0.2) is 17.6 Å². The van der Waals surface area contributed by atoms with E-state index in [9.17, 15) is 14.0 Å². The second-order valence-electron chi connectivity index (χ2n) is 6.50. The smallest absolute Gasteiger partial charge is 0.334 e. The molecule has 2 aromatic carbocycles. The zero-order chi connectivity index (χ0) is 19.0. The summed E-state index contributed by atoms with van der Waals surface area (Å²) in [6, 6.07) is 14.3. The molecule has 1 aliphatic rings. The van der Waals surface area contributed by atoms with Gasteiger partial charge in [0.25, 0.3) is 0 Å². The van der Waals surface area contributed by atoms with Crippen molar-refractivity contribution in [3.8, 4) is 5.75 Å². The van der Waals surface area contributed by atoms with Crippen LogP contribution >= 0.6 is 0 Å². The highest BCUT2D eigenvalue weighted by molar-refractivity contribution is 5.90. The van der Waals surface area contributed by atoms with Crippen LogP contribution in [0, 0.1) is 5.82 Å². The number of nitrogens with one attached hydrogen (secondary N) is 1. The number of aromatic nitrogens is 1. The first kappa shape index (κ1) is 17.0. The second-order valence-corrected chi connectivity index (χ2v) is 6.50. The van der Waals surface area contributed by atoms with E-state index in [4.69, 9.17) is 9.47 Å². The topological polar surface area (TPSA) is 68.4 Å². The molecule has 0 amide bonds. The maximum atomic E-state index is 13.3. The Labute approximate surface area is 154 Å². The fraction of sp³-hybridized carbons (Fsp3) is 0.143. The van der Waals surface area contributed by atoms with Crippen molar-refractivity contribution in [1.29, 1.82) is 0 Å². The third-order valence-electron chi connectivity index (χ3n) is 4.63. The Hall–Kier alpha value is -3.41. The highest BCUT2D eigenvalue weighted by atomic mass is 19.1. The Bertz CT molecular complexity index is 1090. The van der Waals surface area contributed by atoms with E-state index in [-0.39, 0.29) is 24.4 Å². The van der Waals surface area contributed by atoms with Gasteiger partial charge < -0.3 is 14.5 Å². The van der Waals surface area contributed by atoms with Crippen molar-refractivity contribution < 1.29 is 18.7 Å². The zero-order valence-corrected chi connectivity index (χ0v) is 14.3. The molecule has 0 spiro atoms. The number of carbonyl (C=O) groups is 1. The number of para-hydroxylation sites is 1. The highest BCUT2D eigenvalue weighted by Crippen LogP contribution is 2.40. The molecule has 1 aromatic heterocycles. The number of ether oxygens (including phenoxy) is 2. The van der Waals surface area contributed by atoms with Crippen molar-refractivity contribution in [2.24, 2.45) is 0 Å². The maximum Gasteiger partial charge on any atom is 0.334 e. The molecule has 1 aliphatic heterocycles. The molecule has 5 nitrogen and oxygen atoms in total. The molecule has 3 aromatic rings. The van der Waals surface area contributed by atoms with Gasteiger partial charge in [0.15, 0.2) is 5.60 Å². The van der Waals surface area contributed by atoms with E-state index in [1.54, 1.807) is 30.3 Å². The molecule has 0 aliphatic carbocycles. The summed E-state index contributed by atoms with van der Waals surface area (Å²) in [5.74, 6) is -0.431. The minimum atomic E-state index is -1.10. The molecule has 0 saturated carbocycles. The maximum absolute atomic E-state index is 13.3. The van der Waals surface area contributed by atoms with Crippen LogP contribution in [0.25, 0.3) is 10.9 Å². The molecule has 6 heteroatoms. The largest absolute Gasteiger partial charge is 0.487 e. The van der Waals surface area contributed by atoms with E-state index in [1.807, 2.05) is 6.07 Å². The number of hydrogen-bond acceptors (Lipinski definition) is 4. The zero-order valence-electron chi connectivity index (χ0n) is 14.3. The van der Waals surface area contributed by atoms with Gasteiger partial charge in [0.2, 0.25) is 5.56 Å². The monoisotopic (exact) mass is 365 g/mol.